The lowest BCUT2D eigenvalue weighted by molar-refractivity contribution is 1.94. The van der Waals surface area contributed by atoms with Gasteiger partial charge in [-0.1, -0.05) is 11.8 Å². The van der Waals surface area contributed by atoms with Crippen LogP contribution < -0.4 is 0 Å². The normalized spacial score (nSPS) is 12.6. The van der Waals surface area contributed by atoms with Crippen molar-refractivity contribution in [2.24, 2.45) is 0 Å². The molecule has 0 amide bonds. The van der Waals surface area contributed by atoms with Crippen LogP contribution >= 0.6 is 14.0 Å². The van der Waals surface area contributed by atoms with Crippen LogP contribution in [0.25, 0.3) is 0 Å². The van der Waals surface area contributed by atoms with Crippen LogP contribution in [0.5, 0.6) is 0 Å². The molecule has 0 N–H and O–H groups in total. The minimum Gasteiger partial charge on any atom is -0.108 e. The Morgan fingerprint density at radius 3 is 1.75 bits per heavy atom. The van der Waals surface area contributed by atoms with E-state index in [4.69, 9.17) is 11.8 Å². The van der Waals surface area contributed by atoms with Crippen molar-refractivity contribution in [1.29, 1.82) is 0 Å². The minimum atomic E-state index is -0.860. The lowest BCUT2D eigenvalue weighted by Gasteiger charge is -2.12. The molecular weight excluding hydrogens is 154 g/mol. The molecule has 0 unspecified atom stereocenters. The number of rotatable bonds is 2. The molecule has 0 aromatic heterocycles. The van der Waals surface area contributed by atoms with Crippen LogP contribution in [0.4, 0.5) is 0 Å². The zero-order valence-electron chi connectivity index (χ0n) is 6.01. The second-order valence-corrected chi connectivity index (χ2v) is 12.2. The zero-order valence-corrected chi connectivity index (χ0v) is 8.62. The molecule has 0 saturated heterocycles. The molecule has 0 bridgehead atoms. The molecular formula is C5H14P2S. The first-order chi connectivity index (χ1) is 3.42. The Hall–Kier alpha value is 1.08. The summed E-state index contributed by atoms with van der Waals surface area (Å²) in [7, 11) is 0.257. The van der Waals surface area contributed by atoms with E-state index in [1.54, 1.807) is 0 Å². The maximum Gasteiger partial charge on any atom is -0.00394 e. The Bertz CT molecular complexity index is 103. The largest absolute Gasteiger partial charge is 0.108 e. The van der Waals surface area contributed by atoms with E-state index in [1.807, 2.05) is 0 Å². The van der Waals surface area contributed by atoms with Gasteiger partial charge in [-0.05, 0) is 38.6 Å². The van der Waals surface area contributed by atoms with Crippen LogP contribution in [0.2, 0.25) is 0 Å². The monoisotopic (exact) mass is 168 g/mol. The minimum absolute atomic E-state index is 0.257. The molecule has 8 heavy (non-hydrogen) atoms. The van der Waals surface area contributed by atoms with E-state index in [1.165, 1.54) is 5.90 Å². The molecule has 0 atom stereocenters. The molecule has 0 aliphatic carbocycles. The highest BCUT2D eigenvalue weighted by atomic mass is 32.4. The molecule has 0 heterocycles. The number of hydrogen-bond acceptors (Lipinski definition) is 1. The molecule has 0 nitrogen and oxygen atoms in total. The first-order valence-corrected chi connectivity index (χ1v) is 8.91. The fraction of sp³-hybridized carbons (Fsp3) is 1.00. The molecule has 0 spiro atoms. The fourth-order valence-corrected chi connectivity index (χ4v) is 8.21. The maximum absolute atomic E-state index is 5.29. The summed E-state index contributed by atoms with van der Waals surface area (Å²) in [4.78, 5) is 0. The second kappa shape index (κ2) is 3.30. The van der Waals surface area contributed by atoms with E-state index in [0.29, 0.717) is 0 Å². The van der Waals surface area contributed by atoms with Gasteiger partial charge in [0.25, 0.3) is 0 Å². The van der Waals surface area contributed by atoms with Crippen molar-refractivity contribution in [3.8, 4) is 0 Å². The average Bonchev–Trinajstić information content (AvgIpc) is 1.21. The van der Waals surface area contributed by atoms with Crippen LogP contribution in [0, 0.1) is 0 Å². The summed E-state index contributed by atoms with van der Waals surface area (Å²) in [5, 5.41) is 0. The second-order valence-electron chi connectivity index (χ2n) is 2.80. The molecule has 0 aromatic rings. The summed E-state index contributed by atoms with van der Waals surface area (Å²) in [6, 6.07) is -0.860. The van der Waals surface area contributed by atoms with Gasteiger partial charge in [-0.2, -0.15) is 0 Å². The van der Waals surface area contributed by atoms with Gasteiger partial charge in [0.2, 0.25) is 0 Å². The van der Waals surface area contributed by atoms with Crippen LogP contribution in [-0.4, -0.2) is 32.6 Å². The van der Waals surface area contributed by atoms with Crippen LogP contribution in [0.15, 0.2) is 0 Å². The van der Waals surface area contributed by atoms with Crippen LogP contribution in [-0.2, 0) is 11.8 Å². The van der Waals surface area contributed by atoms with Crippen molar-refractivity contribution >= 4 is 25.8 Å². The molecule has 0 aliphatic heterocycles. The first-order valence-electron chi connectivity index (χ1n) is 2.60. The van der Waals surface area contributed by atoms with Crippen molar-refractivity contribution < 1.29 is 0 Å². The predicted molar refractivity (Wildman–Crippen MR) is 49.8 cm³/mol. The lowest BCUT2D eigenvalue weighted by Crippen LogP contribution is -1.80. The number of hydrogen-bond donors (Lipinski definition) is 0. The van der Waals surface area contributed by atoms with Gasteiger partial charge in [0.1, 0.15) is 0 Å². The van der Waals surface area contributed by atoms with E-state index in [-0.39, 0.29) is 7.92 Å². The molecule has 0 saturated carbocycles. The topological polar surface area (TPSA) is 0 Å². The summed E-state index contributed by atoms with van der Waals surface area (Å²) in [6.45, 7) is 9.04. The Morgan fingerprint density at radius 2 is 1.75 bits per heavy atom. The maximum atomic E-state index is 5.29. The van der Waals surface area contributed by atoms with Crippen molar-refractivity contribution in [1.82, 2.24) is 0 Å². The van der Waals surface area contributed by atoms with Crippen molar-refractivity contribution in [2.45, 2.75) is 0 Å². The van der Waals surface area contributed by atoms with Gasteiger partial charge in [-0.25, -0.2) is 0 Å². The van der Waals surface area contributed by atoms with E-state index in [0.717, 1.165) is 0 Å². The quantitative estimate of drug-likeness (QED) is 0.570. The van der Waals surface area contributed by atoms with Crippen molar-refractivity contribution in [3.63, 3.8) is 0 Å². The highest BCUT2D eigenvalue weighted by molar-refractivity contribution is 8.16. The SMILES string of the molecule is CP(C)CP(C)(C)=S. The van der Waals surface area contributed by atoms with Crippen LogP contribution in [0.3, 0.4) is 0 Å². The smallest absolute Gasteiger partial charge is 0.00394 e. The van der Waals surface area contributed by atoms with Crippen LogP contribution in [0.1, 0.15) is 0 Å². The summed E-state index contributed by atoms with van der Waals surface area (Å²) in [5.74, 6) is 1.32. The highest BCUT2D eigenvalue weighted by Crippen LogP contribution is 2.47. The molecule has 0 aromatic carbocycles. The van der Waals surface area contributed by atoms with Gasteiger partial charge in [-0.3, -0.25) is 0 Å². The Balaban J connectivity index is 3.56. The Kier molecular flexibility index (Phi) is 3.74. The van der Waals surface area contributed by atoms with Gasteiger partial charge < -0.3 is 0 Å². The van der Waals surface area contributed by atoms with Gasteiger partial charge in [0.15, 0.2) is 0 Å². The molecule has 0 radical (unpaired) electrons. The molecule has 50 valence electrons. The van der Waals surface area contributed by atoms with E-state index < -0.39 is 6.04 Å². The highest BCUT2D eigenvalue weighted by Gasteiger charge is 2.03. The summed E-state index contributed by atoms with van der Waals surface area (Å²) >= 11 is 5.29. The zero-order chi connectivity index (χ0) is 6.78. The van der Waals surface area contributed by atoms with E-state index >= 15 is 0 Å². The summed E-state index contributed by atoms with van der Waals surface area (Å²) < 4.78 is 0. The average molecular weight is 168 g/mol. The van der Waals surface area contributed by atoms with E-state index in [9.17, 15) is 0 Å². The lowest BCUT2D eigenvalue weighted by atomic mass is 11.8. The van der Waals surface area contributed by atoms with Gasteiger partial charge in [0, 0.05) is 0 Å². The predicted octanol–water partition coefficient (Wildman–Crippen LogP) is 2.42. The van der Waals surface area contributed by atoms with Gasteiger partial charge >= 0.3 is 0 Å². The van der Waals surface area contributed by atoms with Crippen molar-refractivity contribution in [3.05, 3.63) is 0 Å². The third-order valence-corrected chi connectivity index (χ3v) is 6.65. The Morgan fingerprint density at radius 1 is 1.38 bits per heavy atom. The molecule has 0 aliphatic rings. The summed E-state index contributed by atoms with van der Waals surface area (Å²) in [6.07, 6.45) is 0. The van der Waals surface area contributed by atoms with Gasteiger partial charge in [0.05, 0.1) is 0 Å². The molecule has 0 fully saturated rings. The summed E-state index contributed by atoms with van der Waals surface area (Å²) in [5.41, 5.74) is 0. The van der Waals surface area contributed by atoms with E-state index in [2.05, 4.69) is 26.7 Å². The third-order valence-electron chi connectivity index (χ3n) is 0.623. The first kappa shape index (κ1) is 9.08. The molecule has 3 heteroatoms. The van der Waals surface area contributed by atoms with Gasteiger partial charge in [-0.15, -0.1) is 7.92 Å². The third kappa shape index (κ3) is 7.08. The standard InChI is InChI=1S/C5H14P2S/c1-6(2)5-7(3,4)8/h5H2,1-4H3. The Labute approximate surface area is 58.8 Å². The molecule has 0 rings (SSSR count). The fourth-order valence-electron chi connectivity index (χ4n) is 0.681. The van der Waals surface area contributed by atoms with Crippen molar-refractivity contribution in [2.75, 3.05) is 32.6 Å².